The van der Waals surface area contributed by atoms with Gasteiger partial charge in [-0.05, 0) is 24.5 Å². The fourth-order valence-corrected chi connectivity index (χ4v) is 2.86. The number of aryl methyl sites for hydroxylation is 1. The van der Waals surface area contributed by atoms with Crippen molar-refractivity contribution in [3.63, 3.8) is 0 Å². The van der Waals surface area contributed by atoms with Gasteiger partial charge >= 0.3 is 0 Å². The third kappa shape index (κ3) is 2.73. The first-order valence-electron chi connectivity index (χ1n) is 6.82. The summed E-state index contributed by atoms with van der Waals surface area (Å²) in [5.74, 6) is 0.921. The molecule has 1 unspecified atom stereocenters. The summed E-state index contributed by atoms with van der Waals surface area (Å²) in [4.78, 5) is 0. The molecule has 106 valence electrons. The fourth-order valence-electron chi connectivity index (χ4n) is 2.66. The van der Waals surface area contributed by atoms with E-state index in [1.54, 1.807) is 0 Å². The predicted octanol–water partition coefficient (Wildman–Crippen LogP) is 2.47. The molecule has 1 heterocycles. The maximum Gasteiger partial charge on any atom is 0.140 e. The molecule has 1 aromatic carbocycles. The second-order valence-corrected chi connectivity index (χ2v) is 5.51. The van der Waals surface area contributed by atoms with Gasteiger partial charge in [-0.25, -0.2) is 0 Å². The lowest BCUT2D eigenvalue weighted by Gasteiger charge is -2.22. The van der Waals surface area contributed by atoms with E-state index in [1.807, 2.05) is 24.3 Å². The van der Waals surface area contributed by atoms with Gasteiger partial charge in [-0.1, -0.05) is 35.0 Å². The molecule has 5 heteroatoms. The highest BCUT2D eigenvalue weighted by Gasteiger charge is 2.25. The second-order valence-electron chi connectivity index (χ2n) is 5.10. The Morgan fingerprint density at radius 1 is 1.40 bits per heavy atom. The van der Waals surface area contributed by atoms with Crippen molar-refractivity contribution in [3.05, 3.63) is 51.9 Å². The van der Waals surface area contributed by atoms with E-state index in [1.165, 1.54) is 0 Å². The van der Waals surface area contributed by atoms with Crippen LogP contribution in [0, 0.1) is 0 Å². The molecule has 0 saturated carbocycles. The van der Waals surface area contributed by atoms with Gasteiger partial charge in [0.2, 0.25) is 0 Å². The zero-order valence-corrected chi connectivity index (χ0v) is 11.9. The number of nitrogens with one attached hydrogen (secondary N) is 1. The minimum atomic E-state index is -0.0595. The van der Waals surface area contributed by atoms with E-state index in [2.05, 4.69) is 10.5 Å². The highest BCUT2D eigenvalue weighted by atomic mass is 35.5. The van der Waals surface area contributed by atoms with Crippen molar-refractivity contribution >= 4 is 11.6 Å². The summed E-state index contributed by atoms with van der Waals surface area (Å²) in [5.41, 5.74) is 2.84. The van der Waals surface area contributed by atoms with Crippen LogP contribution in [0.4, 0.5) is 0 Å². The van der Waals surface area contributed by atoms with E-state index >= 15 is 0 Å². The van der Waals surface area contributed by atoms with E-state index in [-0.39, 0.29) is 6.61 Å². The van der Waals surface area contributed by atoms with Gasteiger partial charge in [-0.15, -0.1) is 0 Å². The topological polar surface area (TPSA) is 58.3 Å². The summed E-state index contributed by atoms with van der Waals surface area (Å²) in [7, 11) is 0. The first kappa shape index (κ1) is 13.6. The number of rotatable bonds is 4. The molecule has 0 aliphatic heterocycles. The zero-order valence-electron chi connectivity index (χ0n) is 11.1. The third-order valence-electron chi connectivity index (χ3n) is 3.81. The van der Waals surface area contributed by atoms with Crippen LogP contribution in [0.3, 0.4) is 0 Å². The second kappa shape index (κ2) is 5.95. The summed E-state index contributed by atoms with van der Waals surface area (Å²) in [5, 5.41) is 17.5. The van der Waals surface area contributed by atoms with Crippen LogP contribution in [0.25, 0.3) is 0 Å². The molecule has 2 aromatic rings. The van der Waals surface area contributed by atoms with Crippen molar-refractivity contribution in [1.29, 1.82) is 0 Å². The molecule has 0 amide bonds. The van der Waals surface area contributed by atoms with Crippen LogP contribution < -0.4 is 5.32 Å². The van der Waals surface area contributed by atoms with Crippen LogP contribution in [0.2, 0.25) is 5.02 Å². The molecule has 20 heavy (non-hydrogen) atoms. The molecule has 1 aromatic heterocycles. The average Bonchev–Trinajstić information content (AvgIpc) is 2.88. The smallest absolute Gasteiger partial charge is 0.140 e. The standard InChI is InChI=1S/C15H17ClN2O2/c16-13-4-2-1-3-10(13)8-17-11-5-6-15-12(7-11)14(9-19)18-20-15/h1-4,11,17,19H,5-9H2. The Bertz CT molecular complexity index is 584. The minimum Gasteiger partial charge on any atom is -0.390 e. The molecule has 0 radical (unpaired) electrons. The van der Waals surface area contributed by atoms with Crippen LogP contribution in [-0.2, 0) is 26.0 Å². The van der Waals surface area contributed by atoms with Gasteiger partial charge in [0.05, 0.1) is 6.61 Å². The number of aliphatic hydroxyl groups excluding tert-OH is 1. The lowest BCUT2D eigenvalue weighted by atomic mass is 9.92. The van der Waals surface area contributed by atoms with Crippen molar-refractivity contribution in [2.75, 3.05) is 0 Å². The summed E-state index contributed by atoms with van der Waals surface area (Å²) >= 11 is 6.16. The Hall–Kier alpha value is -1.36. The molecular weight excluding hydrogens is 276 g/mol. The molecule has 0 spiro atoms. The van der Waals surface area contributed by atoms with E-state index in [4.69, 9.17) is 16.1 Å². The number of hydrogen-bond donors (Lipinski definition) is 2. The van der Waals surface area contributed by atoms with E-state index in [0.29, 0.717) is 11.7 Å². The zero-order chi connectivity index (χ0) is 13.9. The van der Waals surface area contributed by atoms with Gasteiger partial charge in [0.25, 0.3) is 0 Å². The van der Waals surface area contributed by atoms with Gasteiger partial charge in [0.15, 0.2) is 0 Å². The summed E-state index contributed by atoms with van der Waals surface area (Å²) in [6, 6.07) is 8.22. The number of benzene rings is 1. The minimum absolute atomic E-state index is 0.0595. The first-order chi connectivity index (χ1) is 9.78. The Morgan fingerprint density at radius 2 is 2.25 bits per heavy atom. The summed E-state index contributed by atoms with van der Waals surface area (Å²) < 4.78 is 5.25. The molecule has 3 rings (SSSR count). The molecule has 0 saturated heterocycles. The largest absolute Gasteiger partial charge is 0.390 e. The number of fused-ring (bicyclic) bond motifs is 1. The van der Waals surface area contributed by atoms with Gasteiger partial charge in [0, 0.05) is 29.6 Å². The average molecular weight is 293 g/mol. The van der Waals surface area contributed by atoms with Crippen LogP contribution in [0.5, 0.6) is 0 Å². The molecule has 0 bridgehead atoms. The molecule has 4 nitrogen and oxygen atoms in total. The Labute approximate surface area is 122 Å². The normalized spacial score (nSPS) is 18.0. The van der Waals surface area contributed by atoms with Crippen LogP contribution >= 0.6 is 11.6 Å². The van der Waals surface area contributed by atoms with Gasteiger partial charge in [0.1, 0.15) is 11.5 Å². The maximum absolute atomic E-state index is 9.25. The van der Waals surface area contributed by atoms with Crippen molar-refractivity contribution in [2.24, 2.45) is 0 Å². The first-order valence-corrected chi connectivity index (χ1v) is 7.19. The lowest BCUT2D eigenvalue weighted by Crippen LogP contribution is -2.34. The SMILES string of the molecule is OCc1noc2c1CC(NCc1ccccc1Cl)CC2. The predicted molar refractivity (Wildman–Crippen MR) is 76.5 cm³/mol. The van der Waals surface area contributed by atoms with Crippen molar-refractivity contribution in [1.82, 2.24) is 10.5 Å². The third-order valence-corrected chi connectivity index (χ3v) is 4.18. The molecule has 1 aliphatic rings. The number of hydrogen-bond acceptors (Lipinski definition) is 4. The van der Waals surface area contributed by atoms with Gasteiger partial charge < -0.3 is 14.9 Å². The van der Waals surface area contributed by atoms with Crippen LogP contribution in [0.15, 0.2) is 28.8 Å². The summed E-state index contributed by atoms with van der Waals surface area (Å²) in [6.07, 6.45) is 2.72. The quantitative estimate of drug-likeness (QED) is 0.909. The Kier molecular flexibility index (Phi) is 4.05. The highest BCUT2D eigenvalue weighted by Crippen LogP contribution is 2.25. The Morgan fingerprint density at radius 3 is 3.05 bits per heavy atom. The lowest BCUT2D eigenvalue weighted by molar-refractivity contribution is 0.265. The number of nitrogens with zero attached hydrogens (tertiary/aromatic N) is 1. The van der Waals surface area contributed by atoms with Crippen molar-refractivity contribution < 1.29 is 9.63 Å². The number of aromatic nitrogens is 1. The number of aliphatic hydroxyl groups is 1. The van der Waals surface area contributed by atoms with Crippen LogP contribution in [-0.4, -0.2) is 16.3 Å². The highest BCUT2D eigenvalue weighted by molar-refractivity contribution is 6.31. The van der Waals surface area contributed by atoms with E-state index < -0.39 is 0 Å². The Balaban J connectivity index is 1.64. The summed E-state index contributed by atoms with van der Waals surface area (Å²) in [6.45, 7) is 0.690. The van der Waals surface area contributed by atoms with Crippen molar-refractivity contribution in [2.45, 2.75) is 38.5 Å². The van der Waals surface area contributed by atoms with E-state index in [0.717, 1.165) is 47.7 Å². The van der Waals surface area contributed by atoms with E-state index in [9.17, 15) is 5.11 Å². The molecular formula is C15H17ClN2O2. The monoisotopic (exact) mass is 292 g/mol. The van der Waals surface area contributed by atoms with Crippen LogP contribution in [0.1, 0.15) is 29.0 Å². The molecule has 0 fully saturated rings. The van der Waals surface area contributed by atoms with Gasteiger partial charge in [-0.3, -0.25) is 0 Å². The number of halogens is 1. The molecule has 1 atom stereocenters. The fraction of sp³-hybridized carbons (Fsp3) is 0.400. The van der Waals surface area contributed by atoms with Crippen molar-refractivity contribution in [3.8, 4) is 0 Å². The van der Waals surface area contributed by atoms with Gasteiger partial charge in [-0.2, -0.15) is 0 Å². The molecule has 2 N–H and O–H groups in total. The molecule has 1 aliphatic carbocycles. The maximum atomic E-state index is 9.25.